The standard InChI is InChI=1S/C16H21N3O5/c1-18-10-15(21)19(16(18)22)8-4-5-14(20)17-12-7-6-11(23-2)9-13(12)24-3/h6-7,9H,4-5,8,10H2,1-3H3,(H,17,20). The zero-order valence-corrected chi connectivity index (χ0v) is 14.0. The van der Waals surface area contributed by atoms with Crippen LogP contribution in [0.3, 0.4) is 0 Å². The molecule has 1 aliphatic rings. The highest BCUT2D eigenvalue weighted by Gasteiger charge is 2.32. The van der Waals surface area contributed by atoms with Gasteiger partial charge in [0.2, 0.25) is 11.8 Å². The zero-order valence-electron chi connectivity index (χ0n) is 14.0. The number of urea groups is 1. The topological polar surface area (TPSA) is 88.2 Å². The maximum atomic E-state index is 12.0. The summed E-state index contributed by atoms with van der Waals surface area (Å²) in [5, 5.41) is 2.75. The smallest absolute Gasteiger partial charge is 0.326 e. The van der Waals surface area contributed by atoms with E-state index >= 15 is 0 Å². The number of hydrogen-bond donors (Lipinski definition) is 1. The van der Waals surface area contributed by atoms with Crippen molar-refractivity contribution in [1.82, 2.24) is 9.80 Å². The summed E-state index contributed by atoms with van der Waals surface area (Å²) < 4.78 is 10.3. The number of likely N-dealkylation sites (N-methyl/N-ethyl adjacent to an activating group) is 1. The number of anilines is 1. The third-order valence-corrected chi connectivity index (χ3v) is 3.70. The number of ether oxygens (including phenoxy) is 2. The van der Waals surface area contributed by atoms with E-state index in [0.717, 1.165) is 0 Å². The van der Waals surface area contributed by atoms with E-state index < -0.39 is 0 Å². The van der Waals surface area contributed by atoms with Crippen molar-refractivity contribution in [3.63, 3.8) is 0 Å². The molecule has 1 aromatic carbocycles. The van der Waals surface area contributed by atoms with Gasteiger partial charge < -0.3 is 19.7 Å². The second kappa shape index (κ2) is 7.67. The molecule has 1 aromatic rings. The predicted octanol–water partition coefficient (Wildman–Crippen LogP) is 1.32. The summed E-state index contributed by atoms with van der Waals surface area (Å²) in [7, 11) is 4.62. The number of nitrogens with zero attached hydrogens (tertiary/aromatic N) is 2. The van der Waals surface area contributed by atoms with Gasteiger partial charge in [-0.05, 0) is 18.6 Å². The molecule has 0 aromatic heterocycles. The van der Waals surface area contributed by atoms with Crippen LogP contribution in [-0.2, 0) is 9.59 Å². The Hall–Kier alpha value is -2.77. The van der Waals surface area contributed by atoms with Crippen LogP contribution in [-0.4, -0.2) is 62.0 Å². The van der Waals surface area contributed by atoms with E-state index in [1.165, 1.54) is 16.9 Å². The van der Waals surface area contributed by atoms with Crippen LogP contribution < -0.4 is 14.8 Å². The highest BCUT2D eigenvalue weighted by atomic mass is 16.5. The van der Waals surface area contributed by atoms with E-state index in [9.17, 15) is 14.4 Å². The van der Waals surface area contributed by atoms with Gasteiger partial charge in [0.05, 0.1) is 19.9 Å². The Labute approximate surface area is 140 Å². The van der Waals surface area contributed by atoms with Crippen molar-refractivity contribution in [3.8, 4) is 11.5 Å². The van der Waals surface area contributed by atoms with Crippen molar-refractivity contribution in [2.24, 2.45) is 0 Å². The Balaban J connectivity index is 1.86. The van der Waals surface area contributed by atoms with Crippen LogP contribution >= 0.6 is 0 Å². The number of carbonyl (C=O) groups is 3. The van der Waals surface area contributed by atoms with Crippen LogP contribution in [0.15, 0.2) is 18.2 Å². The molecule has 0 radical (unpaired) electrons. The van der Waals surface area contributed by atoms with Gasteiger partial charge >= 0.3 is 6.03 Å². The molecule has 1 saturated heterocycles. The Morgan fingerprint density at radius 1 is 1.25 bits per heavy atom. The molecule has 0 unspecified atom stereocenters. The molecule has 1 heterocycles. The lowest BCUT2D eigenvalue weighted by Gasteiger charge is -2.14. The summed E-state index contributed by atoms with van der Waals surface area (Å²) in [6.45, 7) is 0.323. The molecule has 0 aliphatic carbocycles. The number of carbonyl (C=O) groups excluding carboxylic acids is 3. The summed E-state index contributed by atoms with van der Waals surface area (Å²) in [6.07, 6.45) is 0.589. The molecule has 4 amide bonds. The van der Waals surface area contributed by atoms with Crippen molar-refractivity contribution in [3.05, 3.63) is 18.2 Å². The van der Waals surface area contributed by atoms with Gasteiger partial charge in [-0.25, -0.2) is 4.79 Å². The van der Waals surface area contributed by atoms with Crippen LogP contribution in [0.1, 0.15) is 12.8 Å². The maximum absolute atomic E-state index is 12.0. The van der Waals surface area contributed by atoms with Gasteiger partial charge in [-0.3, -0.25) is 14.5 Å². The van der Waals surface area contributed by atoms with E-state index in [4.69, 9.17) is 9.47 Å². The summed E-state index contributed by atoms with van der Waals surface area (Å²) in [5.41, 5.74) is 0.538. The number of rotatable bonds is 7. The second-order valence-corrected chi connectivity index (χ2v) is 5.40. The van der Waals surface area contributed by atoms with Gasteiger partial charge in [0.1, 0.15) is 18.0 Å². The fourth-order valence-corrected chi connectivity index (χ4v) is 2.40. The molecule has 24 heavy (non-hydrogen) atoms. The minimum atomic E-state index is -0.322. The first-order chi connectivity index (χ1) is 11.5. The minimum absolute atomic E-state index is 0.0913. The third-order valence-electron chi connectivity index (χ3n) is 3.70. The van der Waals surface area contributed by atoms with Crippen molar-refractivity contribution >= 4 is 23.5 Å². The molecule has 2 rings (SSSR count). The monoisotopic (exact) mass is 335 g/mol. The van der Waals surface area contributed by atoms with Gasteiger partial charge in [-0.2, -0.15) is 0 Å². The summed E-state index contributed by atoms with van der Waals surface area (Å²) in [4.78, 5) is 37.9. The molecule has 0 saturated carbocycles. The van der Waals surface area contributed by atoms with E-state index in [2.05, 4.69) is 5.32 Å². The van der Waals surface area contributed by atoms with Crippen LogP contribution in [0.25, 0.3) is 0 Å². The van der Waals surface area contributed by atoms with Crippen LogP contribution in [0.2, 0.25) is 0 Å². The molecule has 0 bridgehead atoms. The molecule has 8 heteroatoms. The number of amides is 4. The normalized spacial score (nSPS) is 14.1. The maximum Gasteiger partial charge on any atom is 0.326 e. The number of benzene rings is 1. The first kappa shape index (κ1) is 17.6. The van der Waals surface area contributed by atoms with Crippen LogP contribution in [0.5, 0.6) is 11.5 Å². The van der Waals surface area contributed by atoms with E-state index in [-0.39, 0.29) is 37.4 Å². The van der Waals surface area contributed by atoms with Crippen molar-refractivity contribution < 1.29 is 23.9 Å². The second-order valence-electron chi connectivity index (χ2n) is 5.40. The molecule has 0 atom stereocenters. The van der Waals surface area contributed by atoms with Crippen molar-refractivity contribution in [1.29, 1.82) is 0 Å². The lowest BCUT2D eigenvalue weighted by molar-refractivity contribution is -0.125. The highest BCUT2D eigenvalue weighted by Crippen LogP contribution is 2.29. The lowest BCUT2D eigenvalue weighted by atomic mass is 10.2. The first-order valence-electron chi connectivity index (χ1n) is 7.53. The Morgan fingerprint density at radius 3 is 2.58 bits per heavy atom. The molecular formula is C16H21N3O5. The van der Waals surface area contributed by atoms with Crippen LogP contribution in [0.4, 0.5) is 10.5 Å². The SMILES string of the molecule is COc1ccc(NC(=O)CCCN2C(=O)CN(C)C2=O)c(OC)c1. The van der Waals surface area contributed by atoms with Crippen LogP contribution in [0, 0.1) is 0 Å². The average Bonchev–Trinajstić information content (AvgIpc) is 2.81. The number of hydrogen-bond acceptors (Lipinski definition) is 5. The fourth-order valence-electron chi connectivity index (χ4n) is 2.40. The first-order valence-corrected chi connectivity index (χ1v) is 7.53. The van der Waals surface area contributed by atoms with Gasteiger partial charge in [0, 0.05) is 26.1 Å². The molecule has 1 aliphatic heterocycles. The number of nitrogens with one attached hydrogen (secondary N) is 1. The van der Waals surface area contributed by atoms with Gasteiger partial charge in [0.15, 0.2) is 0 Å². The summed E-state index contributed by atoms with van der Waals surface area (Å²) in [5.74, 6) is 0.667. The molecular weight excluding hydrogens is 314 g/mol. The van der Waals surface area contributed by atoms with E-state index in [1.54, 1.807) is 32.4 Å². The summed E-state index contributed by atoms with van der Waals surface area (Å²) in [6, 6.07) is 4.76. The molecule has 0 spiro atoms. The number of imide groups is 1. The predicted molar refractivity (Wildman–Crippen MR) is 87.1 cm³/mol. The molecule has 8 nitrogen and oxygen atoms in total. The Kier molecular flexibility index (Phi) is 5.62. The van der Waals surface area contributed by atoms with E-state index in [1.807, 2.05) is 0 Å². The van der Waals surface area contributed by atoms with Gasteiger partial charge in [-0.1, -0.05) is 0 Å². The minimum Gasteiger partial charge on any atom is -0.497 e. The molecule has 1 fully saturated rings. The largest absolute Gasteiger partial charge is 0.497 e. The number of methoxy groups -OCH3 is 2. The lowest BCUT2D eigenvalue weighted by Crippen LogP contribution is -2.32. The molecule has 1 N–H and O–H groups in total. The Bertz CT molecular complexity index is 647. The fraction of sp³-hybridized carbons (Fsp3) is 0.438. The highest BCUT2D eigenvalue weighted by molar-refractivity contribution is 6.01. The average molecular weight is 335 g/mol. The zero-order chi connectivity index (χ0) is 17.7. The third kappa shape index (κ3) is 3.95. The van der Waals surface area contributed by atoms with Crippen molar-refractivity contribution in [2.45, 2.75) is 12.8 Å². The van der Waals surface area contributed by atoms with Gasteiger partial charge in [0.25, 0.3) is 0 Å². The van der Waals surface area contributed by atoms with Gasteiger partial charge in [-0.15, -0.1) is 0 Å². The molecule has 130 valence electrons. The van der Waals surface area contributed by atoms with Crippen molar-refractivity contribution in [2.75, 3.05) is 39.7 Å². The van der Waals surface area contributed by atoms with E-state index in [0.29, 0.717) is 23.6 Å². The summed E-state index contributed by atoms with van der Waals surface area (Å²) >= 11 is 0. The Morgan fingerprint density at radius 2 is 2.00 bits per heavy atom. The quantitative estimate of drug-likeness (QED) is 0.759.